The van der Waals surface area contributed by atoms with Crippen molar-refractivity contribution in [3.8, 4) is 0 Å². The van der Waals surface area contributed by atoms with Gasteiger partial charge < -0.3 is 89.9 Å². The predicted molar refractivity (Wildman–Crippen MR) is 447 cm³/mol. The van der Waals surface area contributed by atoms with Crippen molar-refractivity contribution in [1.82, 2.24) is 5.32 Å². The lowest BCUT2D eigenvalue weighted by Gasteiger charge is -2.48. The third-order valence-electron chi connectivity index (χ3n) is 20.9. The molecule has 3 saturated heterocycles. The summed E-state index contributed by atoms with van der Waals surface area (Å²) in [5.74, 6) is -0.294. The first-order valence-electron chi connectivity index (χ1n) is 43.9. The van der Waals surface area contributed by atoms with E-state index in [0.717, 1.165) is 109 Å². The Labute approximate surface area is 670 Å². The van der Waals surface area contributed by atoms with Crippen LogP contribution >= 0.6 is 0 Å². The van der Waals surface area contributed by atoms with E-state index in [2.05, 4.69) is 141 Å². The second-order valence-electron chi connectivity index (χ2n) is 30.6. The lowest BCUT2D eigenvalue weighted by atomic mass is 9.96. The molecule has 0 aliphatic carbocycles. The zero-order valence-electron chi connectivity index (χ0n) is 68.6. The number of allylic oxidation sites excluding steroid dienone is 21. The molecule has 0 aromatic carbocycles. The first-order chi connectivity index (χ1) is 54.3. The topological polar surface area (TPSA) is 307 Å². The van der Waals surface area contributed by atoms with Crippen LogP contribution < -0.4 is 5.32 Å². The number of hydrogen-bond acceptors (Lipinski definition) is 18. The van der Waals surface area contributed by atoms with Gasteiger partial charge in [0.15, 0.2) is 18.9 Å². The third kappa shape index (κ3) is 48.9. The molecule has 17 unspecified atom stereocenters. The maximum Gasteiger partial charge on any atom is 0.220 e. The minimum absolute atomic E-state index is 0.220. The molecule has 638 valence electrons. The average molecular weight is 1570 g/mol. The standard InChI is InChI=1S/C92H157NO18/c1-3-5-7-9-11-13-15-17-19-21-23-25-27-29-31-33-34-35-36-37-38-39-40-42-44-46-48-50-52-54-56-58-60-62-64-66-68-70-80(98)93-75(76(97)69-67-65-63-61-59-57-55-53-51-49-47-45-43-41-32-30-28-26-24-22-20-18-16-14-12-10-8-6-4-2)74-106-90-86(104)83(101)88(78(72-95)108-90)111-92-87(105)84(102)89(79(73-96)109-92)110-91-85(103)82(100)81(99)77(71-94)107-91/h5,7,11,13,17,19,23,25,29,31,34-35,37-38,40,42,46,48,59,61,67,69,75-79,81-92,94-97,99-105H,3-4,6,8-10,12,14-16,18,20-22,24,26-28,30,32-33,36,39,41,43-45,47,49-58,60,62-66,68,70-74H2,1-2H3,(H,93,98)/b7-5-,13-11-,19-17-,25-23-,31-29-,35-34-,38-37-,42-40-,48-46-,61-59+,69-67+. The molecule has 12 N–H and O–H groups in total. The van der Waals surface area contributed by atoms with Crippen LogP contribution in [-0.4, -0.2) is 193 Å². The normalized spacial score (nSPS) is 25.7. The van der Waals surface area contributed by atoms with Crippen LogP contribution in [0.2, 0.25) is 0 Å². The molecule has 19 heteroatoms. The fourth-order valence-corrected chi connectivity index (χ4v) is 14.0. The highest BCUT2D eigenvalue weighted by atomic mass is 16.8. The van der Waals surface area contributed by atoms with Gasteiger partial charge in [-0.15, -0.1) is 0 Å². The van der Waals surface area contributed by atoms with Crippen LogP contribution in [0.1, 0.15) is 309 Å². The largest absolute Gasteiger partial charge is 0.394 e. The minimum atomic E-state index is -1.99. The summed E-state index contributed by atoms with van der Waals surface area (Å²) in [6, 6.07) is -1.01. The SMILES string of the molecule is CC/C=C\C/C=C\C/C=C\C/C=C\C/C=C\C/C=C\C/C=C\C/C=C\C/C=C\CCCCCCCCCCCC(=O)NC(COC1OC(CO)C(OC2OC(CO)C(OC3OC(CO)C(O)C(O)C3O)C(O)C2O)C(O)C1O)C(O)/C=C/CC/C=C/CCCCCCCCCCCCCCCCCCCCCCCCC. The van der Waals surface area contributed by atoms with Gasteiger partial charge >= 0.3 is 0 Å². The third-order valence-corrected chi connectivity index (χ3v) is 20.9. The maximum atomic E-state index is 13.5. The second-order valence-corrected chi connectivity index (χ2v) is 30.6. The summed E-state index contributed by atoms with van der Waals surface area (Å²) in [6.07, 6.45) is 74.4. The van der Waals surface area contributed by atoms with E-state index in [1.807, 2.05) is 6.08 Å². The Kier molecular flexibility index (Phi) is 63.9. The summed E-state index contributed by atoms with van der Waals surface area (Å²) in [4.78, 5) is 13.5. The molecular weight excluding hydrogens is 1410 g/mol. The molecule has 1 amide bonds. The Morgan fingerprint density at radius 2 is 0.631 bits per heavy atom. The van der Waals surface area contributed by atoms with Gasteiger partial charge in [0.2, 0.25) is 5.91 Å². The Balaban J connectivity index is 1.36. The average Bonchev–Trinajstić information content (AvgIpc) is 0.779. The van der Waals surface area contributed by atoms with Crippen LogP contribution in [0.3, 0.4) is 0 Å². The van der Waals surface area contributed by atoms with Crippen molar-refractivity contribution >= 4 is 5.91 Å². The summed E-state index contributed by atoms with van der Waals surface area (Å²) in [6.45, 7) is 1.62. The van der Waals surface area contributed by atoms with Gasteiger partial charge in [0.25, 0.3) is 0 Å². The zero-order chi connectivity index (χ0) is 80.3. The first-order valence-corrected chi connectivity index (χ1v) is 43.9. The number of carbonyl (C=O) groups is 1. The molecule has 19 nitrogen and oxygen atoms in total. The van der Waals surface area contributed by atoms with Crippen LogP contribution in [0, 0.1) is 0 Å². The molecule has 17 atom stereocenters. The molecule has 0 saturated carbocycles. The van der Waals surface area contributed by atoms with E-state index in [1.165, 1.54) is 167 Å². The van der Waals surface area contributed by atoms with E-state index in [0.29, 0.717) is 12.8 Å². The van der Waals surface area contributed by atoms with Gasteiger partial charge in [0.1, 0.15) is 73.2 Å². The zero-order valence-corrected chi connectivity index (χ0v) is 68.6. The highest BCUT2D eigenvalue weighted by Gasteiger charge is 2.54. The summed E-state index contributed by atoms with van der Waals surface area (Å²) in [5.41, 5.74) is 0. The van der Waals surface area contributed by atoms with E-state index in [1.54, 1.807) is 6.08 Å². The number of unbranched alkanes of at least 4 members (excludes halogenated alkanes) is 33. The quantitative estimate of drug-likeness (QED) is 0.0199. The fraction of sp³-hybridized carbons (Fsp3) is 0.750. The van der Waals surface area contributed by atoms with Crippen molar-refractivity contribution in [2.45, 2.75) is 413 Å². The Morgan fingerprint density at radius 3 is 1.01 bits per heavy atom. The number of ether oxygens (including phenoxy) is 6. The Bertz CT molecular complexity index is 2530. The molecule has 0 aromatic rings. The highest BCUT2D eigenvalue weighted by molar-refractivity contribution is 5.76. The van der Waals surface area contributed by atoms with Crippen molar-refractivity contribution in [2.24, 2.45) is 0 Å². The predicted octanol–water partition coefficient (Wildman–Crippen LogP) is 16.4. The molecule has 3 fully saturated rings. The van der Waals surface area contributed by atoms with E-state index in [-0.39, 0.29) is 18.9 Å². The lowest BCUT2D eigenvalue weighted by molar-refractivity contribution is -0.379. The number of nitrogens with one attached hydrogen (secondary N) is 1. The van der Waals surface area contributed by atoms with E-state index in [4.69, 9.17) is 28.4 Å². The van der Waals surface area contributed by atoms with Crippen LogP contribution in [0.4, 0.5) is 0 Å². The molecule has 0 spiro atoms. The van der Waals surface area contributed by atoms with Gasteiger partial charge in [-0.3, -0.25) is 4.79 Å². The van der Waals surface area contributed by atoms with Crippen molar-refractivity contribution in [1.29, 1.82) is 0 Å². The highest BCUT2D eigenvalue weighted by Crippen LogP contribution is 2.33. The molecule has 3 rings (SSSR count). The van der Waals surface area contributed by atoms with Crippen molar-refractivity contribution in [2.75, 3.05) is 26.4 Å². The molecule has 0 bridgehead atoms. The van der Waals surface area contributed by atoms with Crippen LogP contribution in [0.5, 0.6) is 0 Å². The fourth-order valence-electron chi connectivity index (χ4n) is 14.0. The van der Waals surface area contributed by atoms with Crippen molar-refractivity contribution in [3.63, 3.8) is 0 Å². The molecule has 3 aliphatic rings. The number of aliphatic hydroxyl groups excluding tert-OH is 11. The van der Waals surface area contributed by atoms with Crippen LogP contribution in [0.15, 0.2) is 134 Å². The van der Waals surface area contributed by atoms with E-state index in [9.17, 15) is 61.0 Å². The van der Waals surface area contributed by atoms with Crippen molar-refractivity contribution in [3.05, 3.63) is 134 Å². The Morgan fingerprint density at radius 1 is 0.333 bits per heavy atom. The minimum Gasteiger partial charge on any atom is -0.394 e. The van der Waals surface area contributed by atoms with Gasteiger partial charge in [-0.25, -0.2) is 0 Å². The van der Waals surface area contributed by atoms with Gasteiger partial charge in [-0.1, -0.05) is 334 Å². The summed E-state index contributed by atoms with van der Waals surface area (Å²) >= 11 is 0. The summed E-state index contributed by atoms with van der Waals surface area (Å²) < 4.78 is 34.5. The molecule has 0 aromatic heterocycles. The molecular formula is C92H157NO18. The summed E-state index contributed by atoms with van der Waals surface area (Å²) in [7, 11) is 0. The maximum absolute atomic E-state index is 13.5. The molecule has 0 radical (unpaired) electrons. The monoisotopic (exact) mass is 1560 g/mol. The van der Waals surface area contributed by atoms with Gasteiger partial charge in [-0.2, -0.15) is 0 Å². The van der Waals surface area contributed by atoms with Crippen molar-refractivity contribution < 1.29 is 89.4 Å². The van der Waals surface area contributed by atoms with Gasteiger partial charge in [0.05, 0.1) is 38.6 Å². The number of rotatable bonds is 69. The molecule has 111 heavy (non-hydrogen) atoms. The molecule has 3 heterocycles. The van der Waals surface area contributed by atoms with Crippen LogP contribution in [-0.2, 0) is 33.2 Å². The number of amides is 1. The number of hydrogen-bond donors (Lipinski definition) is 12. The first kappa shape index (κ1) is 101. The second kappa shape index (κ2) is 70.2. The van der Waals surface area contributed by atoms with E-state index < -0.39 is 124 Å². The van der Waals surface area contributed by atoms with Crippen LogP contribution in [0.25, 0.3) is 0 Å². The molecule has 3 aliphatic heterocycles. The van der Waals surface area contributed by atoms with Gasteiger partial charge in [0, 0.05) is 6.42 Å². The summed E-state index contributed by atoms with van der Waals surface area (Å²) in [5, 5.41) is 121. The lowest BCUT2D eigenvalue weighted by Crippen LogP contribution is -2.66. The van der Waals surface area contributed by atoms with Gasteiger partial charge in [-0.05, 0) is 103 Å². The number of aliphatic hydroxyl groups is 11. The number of carbonyl (C=O) groups excluding carboxylic acids is 1. The van der Waals surface area contributed by atoms with E-state index >= 15 is 0 Å². The smallest absolute Gasteiger partial charge is 0.220 e. The Hall–Kier alpha value is -4.07.